The van der Waals surface area contributed by atoms with E-state index in [4.69, 9.17) is 4.74 Å². The van der Waals surface area contributed by atoms with E-state index in [0.29, 0.717) is 5.78 Å². The zero-order valence-electron chi connectivity index (χ0n) is 11.5. The lowest BCUT2D eigenvalue weighted by Crippen LogP contribution is -2.51. The third-order valence-corrected chi connectivity index (χ3v) is 5.32. The first-order valence-electron chi connectivity index (χ1n) is 7.53. The van der Waals surface area contributed by atoms with Gasteiger partial charge in [-0.15, -0.1) is 0 Å². The Morgan fingerprint density at radius 3 is 2.72 bits per heavy atom. The van der Waals surface area contributed by atoms with Crippen molar-refractivity contribution >= 4 is 5.78 Å². The Hall–Kier alpha value is -0.410. The number of nitrogens with one attached hydrogen (secondary N) is 1. The molecule has 1 saturated carbocycles. The molecular weight excluding hydrogens is 226 g/mol. The number of ether oxygens (including phenoxy) is 1. The van der Waals surface area contributed by atoms with Crippen molar-refractivity contribution in [1.82, 2.24) is 5.32 Å². The van der Waals surface area contributed by atoms with Crippen molar-refractivity contribution < 1.29 is 9.53 Å². The second-order valence-corrected chi connectivity index (χ2v) is 6.78. The van der Waals surface area contributed by atoms with Crippen molar-refractivity contribution in [3.05, 3.63) is 0 Å². The van der Waals surface area contributed by atoms with Crippen LogP contribution in [0.4, 0.5) is 0 Å². The van der Waals surface area contributed by atoms with Gasteiger partial charge in [-0.2, -0.15) is 0 Å². The van der Waals surface area contributed by atoms with Crippen LogP contribution in [0.1, 0.15) is 51.9 Å². The molecule has 3 rings (SSSR count). The number of carbonyl (C=O) groups is 1. The molecule has 102 valence electrons. The molecule has 3 fully saturated rings. The second kappa shape index (κ2) is 4.61. The van der Waals surface area contributed by atoms with Gasteiger partial charge >= 0.3 is 0 Å². The maximum absolute atomic E-state index is 12.8. The third-order valence-electron chi connectivity index (χ3n) is 5.32. The fourth-order valence-electron chi connectivity index (χ4n) is 3.93. The molecule has 0 amide bonds. The minimum absolute atomic E-state index is 0.0943. The minimum Gasteiger partial charge on any atom is -0.375 e. The first-order chi connectivity index (χ1) is 8.64. The average molecular weight is 251 g/mol. The quantitative estimate of drug-likeness (QED) is 0.818. The molecule has 3 heteroatoms. The third kappa shape index (κ3) is 2.12. The Labute approximate surface area is 110 Å². The molecule has 1 spiro atoms. The van der Waals surface area contributed by atoms with Gasteiger partial charge in [0.25, 0.3) is 0 Å². The number of hydrogen-bond donors (Lipinski definition) is 1. The Bertz CT molecular complexity index is 329. The summed E-state index contributed by atoms with van der Waals surface area (Å²) in [5.74, 6) is 0.758. The Morgan fingerprint density at radius 2 is 2.11 bits per heavy atom. The maximum atomic E-state index is 12.8. The number of Topliss-reactive ketones (excluding diaryl/α,β-unsaturated/α-hetero) is 1. The second-order valence-electron chi connectivity index (χ2n) is 6.78. The van der Waals surface area contributed by atoms with E-state index < -0.39 is 0 Å². The summed E-state index contributed by atoms with van der Waals surface area (Å²) in [6, 6.07) is 0. The van der Waals surface area contributed by atoms with Crippen LogP contribution in [0, 0.1) is 11.3 Å². The van der Waals surface area contributed by atoms with Crippen molar-refractivity contribution in [3.8, 4) is 0 Å². The normalized spacial score (nSPS) is 39.3. The molecular formula is C15H25NO2. The molecule has 2 unspecified atom stereocenters. The van der Waals surface area contributed by atoms with E-state index in [1.165, 1.54) is 19.3 Å². The molecule has 1 N–H and O–H groups in total. The molecule has 18 heavy (non-hydrogen) atoms. The van der Waals surface area contributed by atoms with E-state index in [0.717, 1.165) is 45.4 Å². The largest absolute Gasteiger partial charge is 0.375 e. The minimum atomic E-state index is -0.120. The standard InChI is InChI=1S/C15H25NO2/c1-14(5-3-8-16-11-14)13(17)12-4-9-18-15(10-12)6-2-7-15/h12,16H,2-11H2,1H3. The molecule has 0 aromatic carbocycles. The van der Waals surface area contributed by atoms with E-state index in [-0.39, 0.29) is 16.9 Å². The predicted molar refractivity (Wildman–Crippen MR) is 70.5 cm³/mol. The molecule has 0 aromatic heterocycles. The van der Waals surface area contributed by atoms with Crippen LogP contribution in [-0.4, -0.2) is 31.1 Å². The molecule has 0 aromatic rings. The molecule has 1 aliphatic carbocycles. The van der Waals surface area contributed by atoms with Crippen molar-refractivity contribution in [2.24, 2.45) is 11.3 Å². The van der Waals surface area contributed by atoms with E-state index >= 15 is 0 Å². The Balaban J connectivity index is 1.67. The summed E-state index contributed by atoms with van der Waals surface area (Å²) >= 11 is 0. The SMILES string of the molecule is CC1(C(=O)C2CCOC3(CCC3)C2)CCCNC1. The fraction of sp³-hybridized carbons (Fsp3) is 0.933. The van der Waals surface area contributed by atoms with Gasteiger partial charge < -0.3 is 10.1 Å². The van der Waals surface area contributed by atoms with Crippen LogP contribution in [0.2, 0.25) is 0 Å². The van der Waals surface area contributed by atoms with E-state index in [2.05, 4.69) is 12.2 Å². The van der Waals surface area contributed by atoms with Gasteiger partial charge in [0.2, 0.25) is 0 Å². The summed E-state index contributed by atoms with van der Waals surface area (Å²) in [5, 5.41) is 3.39. The number of piperidine rings is 1. The summed E-state index contributed by atoms with van der Waals surface area (Å²) in [5.41, 5.74) is -0.0256. The summed E-state index contributed by atoms with van der Waals surface area (Å²) in [4.78, 5) is 12.8. The lowest BCUT2D eigenvalue weighted by molar-refractivity contribution is -0.161. The van der Waals surface area contributed by atoms with Crippen molar-refractivity contribution in [3.63, 3.8) is 0 Å². The average Bonchev–Trinajstić information content (AvgIpc) is 2.37. The first-order valence-corrected chi connectivity index (χ1v) is 7.53. The van der Waals surface area contributed by atoms with Gasteiger partial charge in [-0.05, 0) is 51.5 Å². The number of rotatable bonds is 2. The first kappa shape index (κ1) is 12.6. The molecule has 2 atom stereocenters. The van der Waals surface area contributed by atoms with Crippen molar-refractivity contribution in [2.45, 2.75) is 57.5 Å². The van der Waals surface area contributed by atoms with Gasteiger partial charge in [0.05, 0.1) is 5.60 Å². The van der Waals surface area contributed by atoms with Gasteiger partial charge in [0.15, 0.2) is 0 Å². The number of hydrogen-bond acceptors (Lipinski definition) is 3. The summed E-state index contributed by atoms with van der Waals surface area (Å²) in [6.45, 7) is 4.89. The topological polar surface area (TPSA) is 38.3 Å². The Morgan fingerprint density at radius 1 is 1.28 bits per heavy atom. The molecule has 2 aliphatic heterocycles. The highest BCUT2D eigenvalue weighted by molar-refractivity contribution is 5.87. The van der Waals surface area contributed by atoms with Crippen LogP contribution < -0.4 is 5.32 Å². The lowest BCUT2D eigenvalue weighted by Gasteiger charge is -2.48. The lowest BCUT2D eigenvalue weighted by atomic mass is 9.66. The van der Waals surface area contributed by atoms with Gasteiger partial charge in [0.1, 0.15) is 5.78 Å². The van der Waals surface area contributed by atoms with E-state index in [9.17, 15) is 4.79 Å². The molecule has 0 bridgehead atoms. The molecule has 2 saturated heterocycles. The van der Waals surface area contributed by atoms with Crippen molar-refractivity contribution in [1.29, 1.82) is 0 Å². The fourth-order valence-corrected chi connectivity index (χ4v) is 3.93. The Kier molecular flexibility index (Phi) is 3.23. The number of carbonyl (C=O) groups excluding carboxylic acids is 1. The van der Waals surface area contributed by atoms with Crippen LogP contribution in [0.3, 0.4) is 0 Å². The maximum Gasteiger partial charge on any atom is 0.143 e. The van der Waals surface area contributed by atoms with Crippen LogP contribution in [-0.2, 0) is 9.53 Å². The van der Waals surface area contributed by atoms with E-state index in [1.807, 2.05) is 0 Å². The van der Waals surface area contributed by atoms with Gasteiger partial charge in [-0.3, -0.25) is 4.79 Å². The van der Waals surface area contributed by atoms with Crippen LogP contribution >= 0.6 is 0 Å². The summed E-state index contributed by atoms with van der Waals surface area (Å²) < 4.78 is 5.93. The zero-order chi connectivity index (χ0) is 12.6. The van der Waals surface area contributed by atoms with Gasteiger partial charge in [-0.1, -0.05) is 6.92 Å². The molecule has 0 radical (unpaired) electrons. The molecule has 2 heterocycles. The highest BCUT2D eigenvalue weighted by Gasteiger charge is 2.47. The highest BCUT2D eigenvalue weighted by atomic mass is 16.5. The van der Waals surface area contributed by atoms with Crippen LogP contribution in [0.25, 0.3) is 0 Å². The number of ketones is 1. The van der Waals surface area contributed by atoms with E-state index in [1.54, 1.807) is 0 Å². The molecule has 3 aliphatic rings. The zero-order valence-corrected chi connectivity index (χ0v) is 11.5. The van der Waals surface area contributed by atoms with Crippen LogP contribution in [0.5, 0.6) is 0 Å². The van der Waals surface area contributed by atoms with Gasteiger partial charge in [-0.25, -0.2) is 0 Å². The summed E-state index contributed by atoms with van der Waals surface area (Å²) in [6.07, 6.45) is 7.74. The summed E-state index contributed by atoms with van der Waals surface area (Å²) in [7, 11) is 0. The monoisotopic (exact) mass is 251 g/mol. The van der Waals surface area contributed by atoms with Crippen LogP contribution in [0.15, 0.2) is 0 Å². The smallest absolute Gasteiger partial charge is 0.143 e. The van der Waals surface area contributed by atoms with Crippen molar-refractivity contribution in [2.75, 3.05) is 19.7 Å². The highest BCUT2D eigenvalue weighted by Crippen LogP contribution is 2.46. The van der Waals surface area contributed by atoms with Gasteiger partial charge in [0, 0.05) is 24.5 Å². The predicted octanol–water partition coefficient (Wildman–Crippen LogP) is 2.29. The molecule has 3 nitrogen and oxygen atoms in total.